The van der Waals surface area contributed by atoms with Crippen LogP contribution in [0.3, 0.4) is 0 Å². The topological polar surface area (TPSA) is 140 Å². The Bertz CT molecular complexity index is 1330. The molecule has 0 atom stereocenters. The maximum atomic E-state index is 13.1. The number of hydrazine groups is 1. The fraction of sp³-hybridized carbons (Fsp3) is 0.136. The molecule has 2 aromatic carbocycles. The molecule has 1 aliphatic rings. The summed E-state index contributed by atoms with van der Waals surface area (Å²) >= 11 is 0. The van der Waals surface area contributed by atoms with Crippen molar-refractivity contribution in [1.29, 1.82) is 0 Å². The van der Waals surface area contributed by atoms with Crippen LogP contribution in [0.2, 0.25) is 0 Å². The van der Waals surface area contributed by atoms with Gasteiger partial charge in [-0.3, -0.25) is 15.6 Å². The number of aromatic nitrogens is 5. The molecule has 1 aliphatic carbocycles. The minimum Gasteiger partial charge on any atom is -0.378 e. The third-order valence-electron chi connectivity index (χ3n) is 5.40. The predicted molar refractivity (Wildman–Crippen MR) is 121 cm³/mol. The SMILES string of the molecule is CN(Cc1c(C(=O)NNC2=CCc3ccccc32)nnn1-c1nonc1N)c1ccccc1. The second-order valence-electron chi connectivity index (χ2n) is 7.52. The second kappa shape index (κ2) is 8.46. The molecule has 5 rings (SSSR count). The second-order valence-corrected chi connectivity index (χ2v) is 7.52. The molecule has 4 aromatic rings. The zero-order valence-corrected chi connectivity index (χ0v) is 17.8. The quantitative estimate of drug-likeness (QED) is 0.364. The molecular weight excluding hydrogens is 422 g/mol. The number of nitrogens with zero attached hydrogens (tertiary/aromatic N) is 6. The molecule has 2 aromatic heterocycles. The molecule has 166 valence electrons. The summed E-state index contributed by atoms with van der Waals surface area (Å²) in [5.74, 6) is -0.238. The molecule has 0 fully saturated rings. The van der Waals surface area contributed by atoms with Gasteiger partial charge in [0.1, 0.15) is 0 Å². The van der Waals surface area contributed by atoms with Crippen LogP contribution < -0.4 is 21.5 Å². The molecule has 11 heteroatoms. The normalized spacial score (nSPS) is 12.2. The monoisotopic (exact) mass is 443 g/mol. The van der Waals surface area contributed by atoms with E-state index >= 15 is 0 Å². The van der Waals surface area contributed by atoms with Crippen molar-refractivity contribution in [1.82, 2.24) is 36.2 Å². The fourth-order valence-corrected chi connectivity index (χ4v) is 3.71. The summed E-state index contributed by atoms with van der Waals surface area (Å²) in [7, 11) is 1.90. The minimum atomic E-state index is -0.446. The maximum absolute atomic E-state index is 13.1. The Morgan fingerprint density at radius 2 is 1.94 bits per heavy atom. The van der Waals surface area contributed by atoms with Gasteiger partial charge in [0.15, 0.2) is 5.69 Å². The first-order valence-electron chi connectivity index (χ1n) is 10.3. The highest BCUT2D eigenvalue weighted by molar-refractivity contribution is 5.94. The van der Waals surface area contributed by atoms with Gasteiger partial charge in [0, 0.05) is 18.3 Å². The molecule has 0 aliphatic heterocycles. The standard InChI is InChI=1S/C22H21N9O2/c1-30(15-8-3-2-4-9-15)13-18-19(25-29-31(18)21-20(23)27-33-28-21)22(32)26-24-17-12-11-14-7-5-6-10-16(14)17/h2-10,12,24H,11,13H2,1H3,(H2,23,27)(H,26,32). The number of hydrogen-bond acceptors (Lipinski definition) is 9. The van der Waals surface area contributed by atoms with Crippen molar-refractivity contribution in [3.63, 3.8) is 0 Å². The number of nitrogens with one attached hydrogen (secondary N) is 2. The van der Waals surface area contributed by atoms with Crippen LogP contribution in [0.15, 0.2) is 65.3 Å². The van der Waals surface area contributed by atoms with E-state index in [2.05, 4.69) is 37.5 Å². The average molecular weight is 443 g/mol. The van der Waals surface area contributed by atoms with Crippen LogP contribution in [0.5, 0.6) is 0 Å². The van der Waals surface area contributed by atoms with Crippen LogP contribution in [0.4, 0.5) is 11.5 Å². The molecule has 11 nitrogen and oxygen atoms in total. The Balaban J connectivity index is 1.41. The highest BCUT2D eigenvalue weighted by Crippen LogP contribution is 2.24. The summed E-state index contributed by atoms with van der Waals surface area (Å²) in [5, 5.41) is 15.6. The largest absolute Gasteiger partial charge is 0.378 e. The molecule has 0 radical (unpaired) electrons. The lowest BCUT2D eigenvalue weighted by Gasteiger charge is -2.20. The Labute approximate surface area is 188 Å². The summed E-state index contributed by atoms with van der Waals surface area (Å²) < 4.78 is 6.08. The van der Waals surface area contributed by atoms with Crippen molar-refractivity contribution in [2.75, 3.05) is 17.7 Å². The molecule has 0 unspecified atom stereocenters. The third-order valence-corrected chi connectivity index (χ3v) is 5.40. The number of hydrogen-bond donors (Lipinski definition) is 3. The molecule has 1 amide bonds. The molecule has 4 N–H and O–H groups in total. The molecular formula is C22H21N9O2. The molecule has 0 saturated carbocycles. The zero-order valence-electron chi connectivity index (χ0n) is 17.8. The Kier molecular flexibility index (Phi) is 5.19. The number of carbonyl (C=O) groups excluding carboxylic acids is 1. The highest BCUT2D eigenvalue weighted by atomic mass is 16.6. The number of fused-ring (bicyclic) bond motifs is 1. The van der Waals surface area contributed by atoms with E-state index in [0.717, 1.165) is 23.4 Å². The zero-order chi connectivity index (χ0) is 22.8. The van der Waals surface area contributed by atoms with E-state index in [1.807, 2.05) is 66.6 Å². The van der Waals surface area contributed by atoms with Gasteiger partial charge >= 0.3 is 0 Å². The third kappa shape index (κ3) is 3.87. The summed E-state index contributed by atoms with van der Waals surface area (Å²) in [6, 6.07) is 17.7. The molecule has 33 heavy (non-hydrogen) atoms. The van der Waals surface area contributed by atoms with E-state index in [-0.39, 0.29) is 17.3 Å². The van der Waals surface area contributed by atoms with Crippen molar-refractivity contribution in [3.8, 4) is 5.82 Å². The molecule has 2 heterocycles. The van der Waals surface area contributed by atoms with Gasteiger partial charge in [0.25, 0.3) is 5.91 Å². The number of benzene rings is 2. The molecule has 0 bridgehead atoms. The van der Waals surface area contributed by atoms with Crippen molar-refractivity contribution in [3.05, 3.63) is 83.2 Å². The predicted octanol–water partition coefficient (Wildman–Crippen LogP) is 1.70. The first kappa shape index (κ1) is 20.2. The number of amides is 1. The van der Waals surface area contributed by atoms with Gasteiger partial charge in [-0.25, -0.2) is 4.63 Å². The van der Waals surface area contributed by atoms with Gasteiger partial charge in [-0.1, -0.05) is 53.8 Å². The van der Waals surface area contributed by atoms with E-state index in [9.17, 15) is 4.79 Å². The summed E-state index contributed by atoms with van der Waals surface area (Å²) in [4.78, 5) is 15.1. The van der Waals surface area contributed by atoms with Crippen LogP contribution in [-0.2, 0) is 13.0 Å². The Morgan fingerprint density at radius 3 is 2.73 bits per heavy atom. The number of rotatable bonds is 7. The van der Waals surface area contributed by atoms with Crippen molar-refractivity contribution >= 4 is 23.1 Å². The number of allylic oxidation sites excluding steroid dienone is 1. The first-order chi connectivity index (χ1) is 16.1. The van der Waals surface area contributed by atoms with E-state index in [1.165, 1.54) is 10.2 Å². The van der Waals surface area contributed by atoms with Gasteiger partial charge in [-0.2, -0.15) is 4.68 Å². The van der Waals surface area contributed by atoms with Crippen LogP contribution in [0, 0.1) is 0 Å². The molecule has 0 spiro atoms. The number of carbonyl (C=O) groups is 1. The van der Waals surface area contributed by atoms with Gasteiger partial charge < -0.3 is 10.6 Å². The molecule has 0 saturated heterocycles. The first-order valence-corrected chi connectivity index (χ1v) is 10.3. The van der Waals surface area contributed by atoms with Gasteiger partial charge in [0.05, 0.1) is 17.9 Å². The minimum absolute atomic E-state index is 0.0429. The van der Waals surface area contributed by atoms with E-state index in [4.69, 9.17) is 10.4 Å². The van der Waals surface area contributed by atoms with Crippen LogP contribution in [0.1, 0.15) is 27.3 Å². The van der Waals surface area contributed by atoms with Gasteiger partial charge in [-0.15, -0.1) is 5.10 Å². The lowest BCUT2D eigenvalue weighted by Crippen LogP contribution is -2.37. The lowest BCUT2D eigenvalue weighted by molar-refractivity contribution is 0.0936. The van der Waals surface area contributed by atoms with Crippen LogP contribution >= 0.6 is 0 Å². The summed E-state index contributed by atoms with van der Waals surface area (Å²) in [5.41, 5.74) is 16.2. The smallest absolute Gasteiger partial charge is 0.292 e. The van der Waals surface area contributed by atoms with Crippen LogP contribution in [0.25, 0.3) is 11.5 Å². The lowest BCUT2D eigenvalue weighted by atomic mass is 10.1. The van der Waals surface area contributed by atoms with Crippen molar-refractivity contribution in [2.24, 2.45) is 0 Å². The average Bonchev–Trinajstić information content (AvgIpc) is 3.56. The number of nitrogens with two attached hydrogens (primary N) is 1. The van der Waals surface area contributed by atoms with Crippen molar-refractivity contribution in [2.45, 2.75) is 13.0 Å². The van der Waals surface area contributed by atoms with Gasteiger partial charge in [0.2, 0.25) is 11.6 Å². The van der Waals surface area contributed by atoms with E-state index in [0.29, 0.717) is 12.2 Å². The fourth-order valence-electron chi connectivity index (χ4n) is 3.71. The summed E-state index contributed by atoms with van der Waals surface area (Å²) in [6.07, 6.45) is 2.82. The Morgan fingerprint density at radius 1 is 1.15 bits per heavy atom. The van der Waals surface area contributed by atoms with E-state index < -0.39 is 5.91 Å². The highest BCUT2D eigenvalue weighted by Gasteiger charge is 2.25. The van der Waals surface area contributed by atoms with Crippen LogP contribution in [-0.4, -0.2) is 38.3 Å². The van der Waals surface area contributed by atoms with Crippen molar-refractivity contribution < 1.29 is 9.42 Å². The number of nitrogen functional groups attached to an aromatic ring is 1. The van der Waals surface area contributed by atoms with E-state index in [1.54, 1.807) is 0 Å². The maximum Gasteiger partial charge on any atom is 0.292 e. The Hall–Kier alpha value is -4.67. The number of para-hydroxylation sites is 1. The summed E-state index contributed by atoms with van der Waals surface area (Å²) in [6.45, 7) is 0.303. The number of anilines is 2. The van der Waals surface area contributed by atoms with Gasteiger partial charge in [-0.05, 0) is 34.4 Å².